The van der Waals surface area contributed by atoms with Crippen LogP contribution in [0.25, 0.3) is 16.7 Å². The van der Waals surface area contributed by atoms with Gasteiger partial charge in [-0.15, -0.1) is 0 Å². The lowest BCUT2D eigenvalue weighted by Crippen LogP contribution is -2.13. The van der Waals surface area contributed by atoms with E-state index in [-0.39, 0.29) is 35.9 Å². The Morgan fingerprint density at radius 2 is 1.68 bits per heavy atom. The molecule has 2 nitrogen and oxygen atoms in total. The van der Waals surface area contributed by atoms with E-state index in [1.54, 1.807) is 30.5 Å². The van der Waals surface area contributed by atoms with Crippen molar-refractivity contribution in [1.29, 1.82) is 0 Å². The van der Waals surface area contributed by atoms with Crippen molar-refractivity contribution in [3.63, 3.8) is 0 Å². The molecule has 0 amide bonds. The summed E-state index contributed by atoms with van der Waals surface area (Å²) in [6.45, 7) is 0. The fourth-order valence-corrected chi connectivity index (χ4v) is 5.14. The number of carbonyl (C=O) groups excluding carboxylic acids is 1. The molecule has 1 heterocycles. The number of pyridine rings is 1. The smallest absolute Gasteiger partial charge is 0.142 e. The fraction of sp³-hybridized carbons (Fsp3) is 0.161. The summed E-state index contributed by atoms with van der Waals surface area (Å²) in [6, 6.07) is 15.6. The van der Waals surface area contributed by atoms with Crippen molar-refractivity contribution in [3.8, 4) is 11.1 Å². The van der Waals surface area contributed by atoms with E-state index in [1.807, 2.05) is 6.08 Å². The molecule has 0 bridgehead atoms. The average molecular weight is 536 g/mol. The van der Waals surface area contributed by atoms with Crippen LogP contribution in [0.15, 0.2) is 79.0 Å². The van der Waals surface area contributed by atoms with Crippen LogP contribution < -0.4 is 0 Å². The van der Waals surface area contributed by atoms with E-state index in [1.165, 1.54) is 36.4 Å². The zero-order valence-corrected chi connectivity index (χ0v) is 20.9. The van der Waals surface area contributed by atoms with Crippen LogP contribution >= 0.6 is 11.6 Å². The summed E-state index contributed by atoms with van der Waals surface area (Å²) in [4.78, 5) is 17.9. The predicted octanol–water partition coefficient (Wildman–Crippen LogP) is 8.27. The maximum absolute atomic E-state index is 14.3. The number of fused-ring (bicyclic) bond motifs is 1. The first-order valence-electron chi connectivity index (χ1n) is 12.1. The molecule has 3 aromatic carbocycles. The molecule has 0 aliphatic heterocycles. The maximum atomic E-state index is 14.3. The number of allylic oxidation sites excluding steroid dienone is 2. The van der Waals surface area contributed by atoms with E-state index < -0.39 is 23.4 Å². The van der Waals surface area contributed by atoms with Crippen LogP contribution in [0.3, 0.4) is 0 Å². The molecule has 4 aromatic rings. The first-order chi connectivity index (χ1) is 18.3. The third-order valence-corrected chi connectivity index (χ3v) is 7.01. The van der Waals surface area contributed by atoms with Crippen molar-refractivity contribution >= 4 is 23.0 Å². The second kappa shape index (κ2) is 10.9. The van der Waals surface area contributed by atoms with Gasteiger partial charge < -0.3 is 0 Å². The lowest BCUT2D eigenvalue weighted by Gasteiger charge is -2.20. The summed E-state index contributed by atoms with van der Waals surface area (Å²) in [5.41, 5.74) is 4.40. The highest BCUT2D eigenvalue weighted by Gasteiger charge is 2.25. The van der Waals surface area contributed by atoms with E-state index in [4.69, 9.17) is 11.6 Å². The second-order valence-corrected chi connectivity index (χ2v) is 9.81. The van der Waals surface area contributed by atoms with Crippen molar-refractivity contribution in [2.24, 2.45) is 0 Å². The molecule has 1 aliphatic rings. The van der Waals surface area contributed by atoms with E-state index in [2.05, 4.69) is 4.98 Å². The second-order valence-electron chi connectivity index (χ2n) is 9.40. The van der Waals surface area contributed by atoms with E-state index in [9.17, 15) is 22.4 Å². The molecular weight excluding hydrogens is 514 g/mol. The van der Waals surface area contributed by atoms with Gasteiger partial charge in [-0.2, -0.15) is 0 Å². The summed E-state index contributed by atoms with van der Waals surface area (Å²) in [5.74, 6) is -3.11. The Morgan fingerprint density at radius 3 is 2.45 bits per heavy atom. The molecule has 0 fully saturated rings. The number of aromatic nitrogens is 1. The number of carbonyl (C=O) groups is 1. The van der Waals surface area contributed by atoms with Gasteiger partial charge in [-0.05, 0) is 83.1 Å². The lowest BCUT2D eigenvalue weighted by molar-refractivity contribution is -0.118. The van der Waals surface area contributed by atoms with Crippen LogP contribution in [-0.2, 0) is 17.6 Å². The zero-order valence-electron chi connectivity index (χ0n) is 20.2. The van der Waals surface area contributed by atoms with Crippen molar-refractivity contribution in [3.05, 3.63) is 130 Å². The van der Waals surface area contributed by atoms with Crippen LogP contribution in [0.2, 0.25) is 5.02 Å². The Labute approximate surface area is 222 Å². The van der Waals surface area contributed by atoms with E-state index in [0.29, 0.717) is 28.8 Å². The van der Waals surface area contributed by atoms with Gasteiger partial charge in [0.05, 0.1) is 10.7 Å². The molecule has 0 saturated heterocycles. The predicted molar refractivity (Wildman–Crippen MR) is 140 cm³/mol. The molecule has 0 N–H and O–H groups in total. The Morgan fingerprint density at radius 1 is 0.895 bits per heavy atom. The summed E-state index contributed by atoms with van der Waals surface area (Å²) >= 11 is 5.87. The number of halogens is 5. The molecule has 1 aliphatic carbocycles. The van der Waals surface area contributed by atoms with E-state index in [0.717, 1.165) is 22.8 Å². The Kier molecular flexibility index (Phi) is 7.43. The van der Waals surface area contributed by atoms with Gasteiger partial charge in [0.25, 0.3) is 0 Å². The highest BCUT2D eigenvalue weighted by atomic mass is 35.5. The number of rotatable bonds is 8. The third-order valence-electron chi connectivity index (χ3n) is 6.71. The van der Waals surface area contributed by atoms with Gasteiger partial charge >= 0.3 is 0 Å². The molecule has 1 atom stereocenters. The quantitative estimate of drug-likeness (QED) is 0.212. The molecule has 0 spiro atoms. The van der Waals surface area contributed by atoms with Gasteiger partial charge in [0.2, 0.25) is 0 Å². The molecular formula is C31H22ClF4NO. The summed E-state index contributed by atoms with van der Waals surface area (Å²) < 4.78 is 56.1. The lowest BCUT2D eigenvalue weighted by atomic mass is 9.85. The Balaban J connectivity index is 1.48. The first-order valence-corrected chi connectivity index (χ1v) is 12.5. The summed E-state index contributed by atoms with van der Waals surface area (Å²) in [7, 11) is 0. The van der Waals surface area contributed by atoms with Crippen LogP contribution in [0.5, 0.6) is 0 Å². The number of ketones is 1. The highest BCUT2D eigenvalue weighted by molar-refractivity contribution is 6.30. The topological polar surface area (TPSA) is 30.0 Å². The van der Waals surface area contributed by atoms with Gasteiger partial charge in [0.1, 0.15) is 29.1 Å². The van der Waals surface area contributed by atoms with Crippen LogP contribution in [-0.4, -0.2) is 10.8 Å². The Hall–Kier alpha value is -3.77. The molecule has 7 heteroatoms. The summed E-state index contributed by atoms with van der Waals surface area (Å²) in [5, 5.41) is -0.0253. The average Bonchev–Trinajstić information content (AvgIpc) is 3.26. The standard InChI is InChI=1S/C31H22ClF4NO/c32-29-8-6-21(15-30(29)36)27-2-1-9-37-31(27)22(10-18-11-24(34)16-25(35)12-18)14-26(38)13-20-4-3-19-5-7-23(33)17-28(19)20/h1-2,4-9,11-12,15-17,22H,3,10,13-14H2/t22-/m1/s1. The van der Waals surface area contributed by atoms with Crippen LogP contribution in [0.4, 0.5) is 17.6 Å². The number of hydrogen-bond acceptors (Lipinski definition) is 2. The maximum Gasteiger partial charge on any atom is 0.142 e. The van der Waals surface area contributed by atoms with Gasteiger partial charge in [0, 0.05) is 36.6 Å². The number of nitrogens with zero attached hydrogens (tertiary/aromatic N) is 1. The third kappa shape index (κ3) is 5.70. The monoisotopic (exact) mass is 535 g/mol. The largest absolute Gasteiger partial charge is 0.299 e. The van der Waals surface area contributed by atoms with Crippen molar-refractivity contribution in [2.45, 2.75) is 31.6 Å². The first kappa shape index (κ1) is 25.9. The summed E-state index contributed by atoms with van der Waals surface area (Å²) in [6.07, 6.45) is 4.33. The van der Waals surface area contributed by atoms with Gasteiger partial charge in [-0.3, -0.25) is 9.78 Å². The van der Waals surface area contributed by atoms with Crippen molar-refractivity contribution in [2.75, 3.05) is 0 Å². The molecule has 192 valence electrons. The minimum Gasteiger partial charge on any atom is -0.299 e. The molecule has 0 saturated carbocycles. The van der Waals surface area contributed by atoms with Crippen molar-refractivity contribution < 1.29 is 22.4 Å². The molecule has 5 rings (SSSR count). The zero-order chi connectivity index (χ0) is 26.8. The van der Waals surface area contributed by atoms with Gasteiger partial charge in [-0.25, -0.2) is 17.6 Å². The highest BCUT2D eigenvalue weighted by Crippen LogP contribution is 2.36. The van der Waals surface area contributed by atoms with Gasteiger partial charge in [-0.1, -0.05) is 35.9 Å². The van der Waals surface area contributed by atoms with E-state index >= 15 is 0 Å². The number of Topliss-reactive ketones (excluding diaryl/α,β-unsaturated/α-hetero) is 1. The van der Waals surface area contributed by atoms with Gasteiger partial charge in [0.15, 0.2) is 0 Å². The number of benzene rings is 3. The molecule has 38 heavy (non-hydrogen) atoms. The normalized spacial score (nSPS) is 13.2. The van der Waals surface area contributed by atoms with Crippen LogP contribution in [0, 0.1) is 23.3 Å². The molecule has 0 radical (unpaired) electrons. The molecule has 1 aromatic heterocycles. The number of hydrogen-bond donors (Lipinski definition) is 0. The minimum atomic E-state index is -0.721. The Bertz CT molecular complexity index is 1550. The van der Waals surface area contributed by atoms with Crippen molar-refractivity contribution in [1.82, 2.24) is 4.98 Å². The fourth-order valence-electron chi connectivity index (χ4n) is 5.02. The molecule has 0 unspecified atom stereocenters. The SMILES string of the molecule is O=C(CC1=CCc2ccc(F)cc21)C[C@@H](Cc1cc(F)cc(F)c1)c1ncccc1-c1ccc(Cl)c(F)c1. The minimum absolute atomic E-state index is 0.0141. The van der Waals surface area contributed by atoms with Crippen LogP contribution in [0.1, 0.15) is 41.1 Å².